The van der Waals surface area contributed by atoms with Crippen molar-refractivity contribution >= 4 is 61.0 Å². The zero-order chi connectivity index (χ0) is 41.6. The van der Waals surface area contributed by atoms with Gasteiger partial charge in [0.2, 0.25) is 39.3 Å². The van der Waals surface area contributed by atoms with Crippen LogP contribution in [-0.2, 0) is 22.7 Å². The summed E-state index contributed by atoms with van der Waals surface area (Å²) in [5, 5.41) is 13.4. The zero-order valence-corrected chi connectivity index (χ0v) is 32.7. The first-order valence-corrected chi connectivity index (χ1v) is 20.2. The lowest BCUT2D eigenvalue weighted by atomic mass is 10.1. The quantitative estimate of drug-likeness (QED) is 0.159. The molecule has 0 bridgehead atoms. The molecule has 20 nitrogen and oxygen atoms in total. The van der Waals surface area contributed by atoms with Gasteiger partial charge in [0.15, 0.2) is 11.5 Å². The monoisotopic (exact) mass is 824 g/mol. The fraction of sp³-hybridized carbons (Fsp3) is 0.128. The van der Waals surface area contributed by atoms with E-state index >= 15 is 0 Å². The Morgan fingerprint density at radius 2 is 1.20 bits per heavy atom. The van der Waals surface area contributed by atoms with Gasteiger partial charge < -0.3 is 31.4 Å². The Bertz CT molecular complexity index is 3170. The van der Waals surface area contributed by atoms with Crippen molar-refractivity contribution in [3.8, 4) is 23.2 Å². The third-order valence-electron chi connectivity index (χ3n) is 8.73. The van der Waals surface area contributed by atoms with Gasteiger partial charge in [-0.1, -0.05) is 24.3 Å². The van der Waals surface area contributed by atoms with E-state index in [2.05, 4.69) is 91.8 Å². The van der Waals surface area contributed by atoms with Crippen LogP contribution in [0.25, 0.3) is 56.5 Å². The van der Waals surface area contributed by atoms with Crippen molar-refractivity contribution in [3.63, 3.8) is 0 Å². The summed E-state index contributed by atoms with van der Waals surface area (Å²) in [6.07, 6.45) is 9.37. The fourth-order valence-corrected chi connectivity index (χ4v) is 6.41. The van der Waals surface area contributed by atoms with E-state index in [0.717, 1.165) is 40.0 Å². The molecule has 8 heterocycles. The first-order valence-electron chi connectivity index (χ1n) is 18.3. The number of furan rings is 2. The molecule has 0 fully saturated rings. The van der Waals surface area contributed by atoms with Crippen LogP contribution in [0.2, 0.25) is 0 Å². The van der Waals surface area contributed by atoms with Crippen molar-refractivity contribution in [1.82, 2.24) is 59.1 Å². The van der Waals surface area contributed by atoms with Gasteiger partial charge in [0.25, 0.3) is 16.7 Å². The Kier molecular flexibility index (Phi) is 11.0. The smallest absolute Gasteiger partial charge is 0.259 e. The molecule has 0 aliphatic heterocycles. The van der Waals surface area contributed by atoms with Gasteiger partial charge in [0, 0.05) is 36.0 Å². The summed E-state index contributed by atoms with van der Waals surface area (Å²) in [5.41, 5.74) is 21.6. The average molecular weight is 825 g/mol. The Labute approximate surface area is 340 Å². The number of fused-ring (bicyclic) bond motifs is 4. The number of rotatable bonds is 9. The van der Waals surface area contributed by atoms with E-state index in [0.29, 0.717) is 42.2 Å². The molecule has 10 aromatic rings. The topological polar surface area (TPSA) is 288 Å². The molecule has 0 aliphatic carbocycles. The minimum Gasteiger partial charge on any atom is -0.461 e. The number of hydrogen-bond acceptors (Lipinski definition) is 18. The molecular weight excluding hydrogens is 789 g/mol. The van der Waals surface area contributed by atoms with Crippen molar-refractivity contribution in [3.05, 3.63) is 121 Å². The van der Waals surface area contributed by atoms with Crippen molar-refractivity contribution in [2.24, 2.45) is 5.73 Å². The van der Waals surface area contributed by atoms with Gasteiger partial charge in [0.1, 0.15) is 0 Å². The van der Waals surface area contributed by atoms with Gasteiger partial charge in [-0.2, -0.15) is 38.9 Å². The normalized spacial score (nSPS) is 11.4. The molecule has 0 saturated carbocycles. The number of nitrogen functional groups attached to an aromatic ring is 2. The summed E-state index contributed by atoms with van der Waals surface area (Å²) >= 11 is 0. The van der Waals surface area contributed by atoms with E-state index in [9.17, 15) is 8.42 Å². The minimum absolute atomic E-state index is 0.0410. The van der Waals surface area contributed by atoms with E-state index in [1.54, 1.807) is 36.7 Å². The molecular formula is C39H36N16O4S. The van der Waals surface area contributed by atoms with Gasteiger partial charge in [-0.15, -0.1) is 10.2 Å². The average Bonchev–Trinajstić information content (AvgIpc) is 4.09. The Balaban J connectivity index is 0.000000135. The second-order valence-corrected chi connectivity index (χ2v) is 15.0. The summed E-state index contributed by atoms with van der Waals surface area (Å²) in [6.45, 7) is 1.35. The highest BCUT2D eigenvalue weighted by molar-refractivity contribution is 7.90. The van der Waals surface area contributed by atoms with E-state index in [-0.39, 0.29) is 23.5 Å². The SMILES string of the molecule is CS(=O)(=O)c1nc(N)n2nc(-c3ccco3)nc2n1.NCCc1ccc2ncccc2c1.Nc1nc(NCCc2ccc3ncccc3c2)nc2nc(-c3ccco3)nn12. The molecule has 0 aliphatic rings. The van der Waals surface area contributed by atoms with E-state index < -0.39 is 15.0 Å². The predicted molar refractivity (Wildman–Crippen MR) is 223 cm³/mol. The van der Waals surface area contributed by atoms with Gasteiger partial charge in [-0.25, -0.2) is 8.42 Å². The van der Waals surface area contributed by atoms with Crippen LogP contribution in [0.15, 0.2) is 124 Å². The predicted octanol–water partition coefficient (Wildman–Crippen LogP) is 4.07. The van der Waals surface area contributed by atoms with Gasteiger partial charge in [-0.05, 0) is 91.2 Å². The number of nitrogens with zero attached hydrogens (tertiary/aromatic N) is 12. The number of pyridine rings is 2. The van der Waals surface area contributed by atoms with Crippen molar-refractivity contribution in [2.75, 3.05) is 36.1 Å². The standard InChI is InChI=1S/C19H16N8O.C11H12N2.C9H8N6O3S/c20-17-24-18(25-19-23-16(26-27(17)19)15-4-2-10-28-15)22-9-7-12-5-6-14-13(11-12)3-1-8-21-14;12-6-5-9-3-4-11-10(8-9)2-1-7-13-11;1-19(16,17)9-12-7(10)15-8(13-9)11-6(14-15)5-3-2-4-18-5/h1-6,8,10-11H,7,9H2,(H3,20,22,23,24,25,26);1-4,7-8H,5-6,12H2;2-4H,1H3,(H2,10,11,12,13,14). The van der Waals surface area contributed by atoms with E-state index in [4.69, 9.17) is 26.0 Å². The van der Waals surface area contributed by atoms with Crippen LogP contribution in [0.1, 0.15) is 11.1 Å². The lowest BCUT2D eigenvalue weighted by Crippen LogP contribution is -2.12. The van der Waals surface area contributed by atoms with Crippen molar-refractivity contribution < 1.29 is 17.3 Å². The van der Waals surface area contributed by atoms with Crippen LogP contribution in [0.4, 0.5) is 17.8 Å². The second kappa shape index (κ2) is 16.9. The van der Waals surface area contributed by atoms with E-state index in [1.807, 2.05) is 30.5 Å². The number of anilines is 3. The van der Waals surface area contributed by atoms with Crippen LogP contribution >= 0.6 is 0 Å². The Morgan fingerprint density at radius 1 is 0.650 bits per heavy atom. The van der Waals surface area contributed by atoms with Crippen molar-refractivity contribution in [2.45, 2.75) is 18.0 Å². The molecule has 8 aromatic heterocycles. The number of hydrogen-bond donors (Lipinski definition) is 4. The molecule has 60 heavy (non-hydrogen) atoms. The number of aromatic nitrogens is 12. The van der Waals surface area contributed by atoms with Gasteiger partial charge in [-0.3, -0.25) is 9.97 Å². The summed E-state index contributed by atoms with van der Waals surface area (Å²) in [5.74, 6) is 2.52. The largest absolute Gasteiger partial charge is 0.461 e. The highest BCUT2D eigenvalue weighted by atomic mass is 32.2. The summed E-state index contributed by atoms with van der Waals surface area (Å²) in [7, 11) is -3.57. The molecule has 0 saturated heterocycles. The molecule has 0 spiro atoms. The van der Waals surface area contributed by atoms with Crippen LogP contribution in [-0.4, -0.2) is 86.9 Å². The van der Waals surface area contributed by atoms with Crippen LogP contribution in [0.3, 0.4) is 0 Å². The fourth-order valence-electron chi connectivity index (χ4n) is 5.90. The number of nitrogens with two attached hydrogens (primary N) is 3. The zero-order valence-electron chi connectivity index (χ0n) is 31.9. The first kappa shape index (κ1) is 38.9. The molecule has 0 amide bonds. The summed E-state index contributed by atoms with van der Waals surface area (Å²) < 4.78 is 35.8. The maximum atomic E-state index is 11.4. The minimum atomic E-state index is -3.57. The third kappa shape index (κ3) is 8.80. The highest BCUT2D eigenvalue weighted by Gasteiger charge is 2.18. The van der Waals surface area contributed by atoms with E-state index in [1.165, 1.54) is 27.3 Å². The van der Waals surface area contributed by atoms with Crippen LogP contribution in [0, 0.1) is 0 Å². The van der Waals surface area contributed by atoms with Gasteiger partial charge >= 0.3 is 0 Å². The molecule has 0 unspecified atom stereocenters. The number of nitrogens with one attached hydrogen (secondary N) is 1. The highest BCUT2D eigenvalue weighted by Crippen LogP contribution is 2.20. The lowest BCUT2D eigenvalue weighted by molar-refractivity contribution is 0.577. The molecule has 0 atom stereocenters. The molecule has 21 heteroatoms. The molecule has 7 N–H and O–H groups in total. The van der Waals surface area contributed by atoms with Crippen LogP contribution in [0.5, 0.6) is 0 Å². The van der Waals surface area contributed by atoms with Crippen molar-refractivity contribution in [1.29, 1.82) is 0 Å². The molecule has 302 valence electrons. The number of benzene rings is 2. The molecule has 0 radical (unpaired) electrons. The maximum Gasteiger partial charge on any atom is 0.259 e. The van der Waals surface area contributed by atoms with Crippen LogP contribution < -0.4 is 22.5 Å². The maximum absolute atomic E-state index is 11.4. The third-order valence-corrected chi connectivity index (χ3v) is 9.57. The van der Waals surface area contributed by atoms with Gasteiger partial charge in [0.05, 0.1) is 23.6 Å². The first-order chi connectivity index (χ1) is 29.1. The summed E-state index contributed by atoms with van der Waals surface area (Å²) in [6, 6.07) is 27.4. The Hall–Kier alpha value is -7.91. The summed E-state index contributed by atoms with van der Waals surface area (Å²) in [4.78, 5) is 33.1. The molecule has 2 aromatic carbocycles. The second-order valence-electron chi connectivity index (χ2n) is 13.1. The lowest BCUT2D eigenvalue weighted by Gasteiger charge is -2.06. The molecule has 10 rings (SSSR count). The number of sulfone groups is 1. The Morgan fingerprint density at radius 3 is 1.73 bits per heavy atom.